The van der Waals surface area contributed by atoms with Crippen molar-refractivity contribution >= 4 is 5.91 Å². The zero-order chi connectivity index (χ0) is 10.1. The van der Waals surface area contributed by atoms with E-state index in [0.717, 1.165) is 19.4 Å². The molecule has 0 aromatic rings. The van der Waals surface area contributed by atoms with Gasteiger partial charge >= 0.3 is 0 Å². The van der Waals surface area contributed by atoms with Crippen molar-refractivity contribution in [1.82, 2.24) is 4.90 Å². The molecule has 13 heavy (non-hydrogen) atoms. The van der Waals surface area contributed by atoms with Gasteiger partial charge < -0.3 is 10.0 Å². The molecule has 0 aliphatic carbocycles. The highest BCUT2D eigenvalue weighted by molar-refractivity contribution is 5.82. The normalized spacial score (nSPS) is 23.7. The first-order valence-corrected chi connectivity index (χ1v) is 4.88. The van der Waals surface area contributed by atoms with Crippen LogP contribution in [0.1, 0.15) is 33.6 Å². The summed E-state index contributed by atoms with van der Waals surface area (Å²) in [6.45, 7) is 6.66. The lowest BCUT2D eigenvalue weighted by Crippen LogP contribution is -2.43. The summed E-state index contributed by atoms with van der Waals surface area (Å²) in [6.07, 6.45) is 1.96. The summed E-state index contributed by atoms with van der Waals surface area (Å²) >= 11 is 0. The van der Waals surface area contributed by atoms with E-state index in [0.29, 0.717) is 0 Å². The minimum absolute atomic E-state index is 0.0618. The Kier molecular flexibility index (Phi) is 2.96. The molecule has 0 aromatic heterocycles. The Morgan fingerprint density at radius 3 is 2.62 bits per heavy atom. The van der Waals surface area contributed by atoms with E-state index in [1.165, 1.54) is 0 Å². The molecular formula is C10H19NO2. The van der Waals surface area contributed by atoms with Crippen LogP contribution in [0.4, 0.5) is 0 Å². The fourth-order valence-electron chi connectivity index (χ4n) is 1.72. The lowest BCUT2D eigenvalue weighted by Gasteiger charge is -2.29. The van der Waals surface area contributed by atoms with Gasteiger partial charge in [0.2, 0.25) is 5.91 Å². The van der Waals surface area contributed by atoms with Gasteiger partial charge in [0.25, 0.3) is 0 Å². The van der Waals surface area contributed by atoms with Gasteiger partial charge in [0, 0.05) is 12.0 Å². The monoisotopic (exact) mass is 185 g/mol. The lowest BCUT2D eigenvalue weighted by molar-refractivity contribution is -0.141. The summed E-state index contributed by atoms with van der Waals surface area (Å²) in [6, 6.07) is 0.0618. The third-order valence-electron chi connectivity index (χ3n) is 2.49. The minimum atomic E-state index is -0.322. The zero-order valence-corrected chi connectivity index (χ0v) is 8.71. The first-order chi connectivity index (χ1) is 5.96. The lowest BCUT2D eigenvalue weighted by atomic mass is 9.94. The molecule has 0 radical (unpaired) electrons. The summed E-state index contributed by atoms with van der Waals surface area (Å²) in [7, 11) is 0. The van der Waals surface area contributed by atoms with Crippen LogP contribution in [0.25, 0.3) is 0 Å². The average Bonchev–Trinajstić information content (AvgIpc) is 2.48. The van der Waals surface area contributed by atoms with Crippen molar-refractivity contribution in [1.29, 1.82) is 0 Å². The van der Waals surface area contributed by atoms with E-state index in [-0.39, 0.29) is 24.0 Å². The molecule has 0 saturated carbocycles. The second-order valence-electron chi connectivity index (χ2n) is 4.73. The molecule has 3 nitrogen and oxygen atoms in total. The maximum atomic E-state index is 11.9. The number of carbonyl (C=O) groups is 1. The van der Waals surface area contributed by atoms with Crippen molar-refractivity contribution in [2.45, 2.75) is 39.7 Å². The Balaban J connectivity index is 2.66. The van der Waals surface area contributed by atoms with Crippen molar-refractivity contribution in [3.63, 3.8) is 0 Å². The number of hydrogen-bond donors (Lipinski definition) is 1. The van der Waals surface area contributed by atoms with Crippen LogP contribution >= 0.6 is 0 Å². The quantitative estimate of drug-likeness (QED) is 0.662. The summed E-state index contributed by atoms with van der Waals surface area (Å²) < 4.78 is 0. The van der Waals surface area contributed by atoms with Crippen LogP contribution in [0.15, 0.2) is 0 Å². The molecule has 1 atom stereocenters. The summed E-state index contributed by atoms with van der Waals surface area (Å²) in [5, 5.41) is 9.06. The minimum Gasteiger partial charge on any atom is -0.394 e. The number of hydrogen-bond acceptors (Lipinski definition) is 2. The molecule has 1 aliphatic heterocycles. The molecule has 0 unspecified atom stereocenters. The van der Waals surface area contributed by atoms with Crippen LogP contribution in [0.5, 0.6) is 0 Å². The molecule has 0 bridgehead atoms. The van der Waals surface area contributed by atoms with Gasteiger partial charge in [-0.2, -0.15) is 0 Å². The van der Waals surface area contributed by atoms with Crippen molar-refractivity contribution in [3.05, 3.63) is 0 Å². The fourth-order valence-corrected chi connectivity index (χ4v) is 1.72. The van der Waals surface area contributed by atoms with Crippen molar-refractivity contribution in [2.75, 3.05) is 13.2 Å². The molecule has 0 aromatic carbocycles. The highest BCUT2D eigenvalue weighted by Gasteiger charge is 2.34. The van der Waals surface area contributed by atoms with Gasteiger partial charge in [-0.1, -0.05) is 20.8 Å². The van der Waals surface area contributed by atoms with E-state index < -0.39 is 0 Å². The van der Waals surface area contributed by atoms with Crippen LogP contribution in [-0.2, 0) is 4.79 Å². The Bertz CT molecular complexity index is 196. The third-order valence-corrected chi connectivity index (χ3v) is 2.49. The Labute approximate surface area is 79.7 Å². The van der Waals surface area contributed by atoms with Crippen LogP contribution in [0.3, 0.4) is 0 Å². The second kappa shape index (κ2) is 3.66. The number of rotatable bonds is 1. The molecule has 1 aliphatic rings. The van der Waals surface area contributed by atoms with Gasteiger partial charge in [0.05, 0.1) is 12.6 Å². The van der Waals surface area contributed by atoms with Gasteiger partial charge in [0.1, 0.15) is 0 Å². The molecule has 76 valence electrons. The Morgan fingerprint density at radius 1 is 1.54 bits per heavy atom. The number of amides is 1. The molecule has 1 rings (SSSR count). The van der Waals surface area contributed by atoms with Crippen LogP contribution in [0.2, 0.25) is 0 Å². The molecule has 1 N–H and O–H groups in total. The number of carbonyl (C=O) groups excluding carboxylic acids is 1. The molecular weight excluding hydrogens is 166 g/mol. The Morgan fingerprint density at radius 2 is 2.15 bits per heavy atom. The summed E-state index contributed by atoms with van der Waals surface area (Å²) in [5.41, 5.74) is -0.322. The third kappa shape index (κ3) is 2.21. The highest BCUT2D eigenvalue weighted by atomic mass is 16.3. The van der Waals surface area contributed by atoms with Gasteiger partial charge in [0.15, 0.2) is 0 Å². The van der Waals surface area contributed by atoms with E-state index in [2.05, 4.69) is 0 Å². The van der Waals surface area contributed by atoms with Gasteiger partial charge in [-0.15, -0.1) is 0 Å². The zero-order valence-electron chi connectivity index (χ0n) is 8.71. The van der Waals surface area contributed by atoms with Gasteiger partial charge in [-0.3, -0.25) is 4.79 Å². The number of aliphatic hydroxyl groups is 1. The van der Waals surface area contributed by atoms with Crippen molar-refractivity contribution < 1.29 is 9.90 Å². The maximum Gasteiger partial charge on any atom is 0.228 e. The SMILES string of the molecule is CC(C)(C)C(=O)N1CCC[C@H]1CO. The van der Waals surface area contributed by atoms with Gasteiger partial charge in [-0.05, 0) is 12.8 Å². The predicted octanol–water partition coefficient (Wildman–Crippen LogP) is 1.02. The largest absolute Gasteiger partial charge is 0.394 e. The van der Waals surface area contributed by atoms with E-state index >= 15 is 0 Å². The predicted molar refractivity (Wildman–Crippen MR) is 51.3 cm³/mol. The number of likely N-dealkylation sites (tertiary alicyclic amines) is 1. The second-order valence-corrected chi connectivity index (χ2v) is 4.73. The van der Waals surface area contributed by atoms with E-state index in [4.69, 9.17) is 5.11 Å². The van der Waals surface area contributed by atoms with Crippen LogP contribution < -0.4 is 0 Å². The molecule has 1 fully saturated rings. The topological polar surface area (TPSA) is 40.5 Å². The molecule has 1 saturated heterocycles. The van der Waals surface area contributed by atoms with Crippen LogP contribution in [0, 0.1) is 5.41 Å². The first-order valence-electron chi connectivity index (χ1n) is 4.88. The van der Waals surface area contributed by atoms with E-state index in [1.807, 2.05) is 25.7 Å². The van der Waals surface area contributed by atoms with Crippen LogP contribution in [-0.4, -0.2) is 35.1 Å². The number of nitrogens with zero attached hydrogens (tertiary/aromatic N) is 1. The average molecular weight is 185 g/mol. The molecule has 1 amide bonds. The van der Waals surface area contributed by atoms with Crippen molar-refractivity contribution in [2.24, 2.45) is 5.41 Å². The van der Waals surface area contributed by atoms with Gasteiger partial charge in [-0.25, -0.2) is 0 Å². The fraction of sp³-hybridized carbons (Fsp3) is 0.900. The summed E-state index contributed by atoms with van der Waals surface area (Å²) in [4.78, 5) is 13.7. The molecule has 3 heteroatoms. The maximum absolute atomic E-state index is 11.9. The first kappa shape index (κ1) is 10.5. The molecule has 1 heterocycles. The number of aliphatic hydroxyl groups excluding tert-OH is 1. The molecule has 0 spiro atoms. The highest BCUT2D eigenvalue weighted by Crippen LogP contribution is 2.24. The smallest absolute Gasteiger partial charge is 0.228 e. The summed E-state index contributed by atoms with van der Waals surface area (Å²) in [5.74, 6) is 0.157. The van der Waals surface area contributed by atoms with E-state index in [1.54, 1.807) is 0 Å². The van der Waals surface area contributed by atoms with E-state index in [9.17, 15) is 4.79 Å². The standard InChI is InChI=1S/C10H19NO2/c1-10(2,3)9(13)11-6-4-5-8(11)7-12/h8,12H,4-7H2,1-3H3/t8-/m0/s1. The Hall–Kier alpha value is -0.570. The van der Waals surface area contributed by atoms with Crippen molar-refractivity contribution in [3.8, 4) is 0 Å².